The predicted octanol–water partition coefficient (Wildman–Crippen LogP) is 3.73. The quantitative estimate of drug-likeness (QED) is 0.368. The molecule has 0 radical (unpaired) electrons. The van der Waals surface area contributed by atoms with Gasteiger partial charge in [0.1, 0.15) is 0 Å². The molecule has 2 rings (SSSR count). The van der Waals surface area contributed by atoms with Crippen molar-refractivity contribution in [2.75, 3.05) is 26.9 Å². The maximum Gasteiger partial charge on any atom is 0.340 e. The van der Waals surface area contributed by atoms with Crippen molar-refractivity contribution in [2.24, 2.45) is 0 Å². The molecular formula is C22H27NO5. The smallest absolute Gasteiger partial charge is 0.340 e. The van der Waals surface area contributed by atoms with Gasteiger partial charge in [-0.2, -0.15) is 0 Å². The summed E-state index contributed by atoms with van der Waals surface area (Å²) in [6.45, 7) is 10.7. The molecule has 0 atom stereocenters. The topological polar surface area (TPSA) is 65.1 Å². The fraction of sp³-hybridized carbons (Fsp3) is 0.364. The molecular weight excluding hydrogens is 358 g/mol. The highest BCUT2D eigenvalue weighted by Crippen LogP contribution is 2.34. The molecule has 0 N–H and O–H groups in total. The second-order valence-corrected chi connectivity index (χ2v) is 6.20. The van der Waals surface area contributed by atoms with Crippen LogP contribution in [-0.4, -0.2) is 43.6 Å². The number of amides is 1. The summed E-state index contributed by atoms with van der Waals surface area (Å²) in [4.78, 5) is 26.7. The second-order valence-electron chi connectivity index (χ2n) is 6.20. The Labute approximate surface area is 166 Å². The zero-order valence-electron chi connectivity index (χ0n) is 16.9. The molecule has 6 heteroatoms. The van der Waals surface area contributed by atoms with Gasteiger partial charge >= 0.3 is 5.97 Å². The standard InChI is InChI=1S/C22H27NO5/c1-6-11-23-15(4)20(22(25)26-5)17(21(23)24)13-16-9-10-18(28-12-7-2)19(14-16)27-8-3/h6,9-10,13-14H,1,7-8,11-12H2,2-5H3/b17-13-. The van der Waals surface area contributed by atoms with E-state index in [1.165, 1.54) is 12.0 Å². The Kier molecular flexibility index (Phi) is 7.44. The van der Waals surface area contributed by atoms with Gasteiger partial charge in [-0.05, 0) is 44.0 Å². The number of rotatable bonds is 9. The highest BCUT2D eigenvalue weighted by atomic mass is 16.5. The Morgan fingerprint density at radius 1 is 1.21 bits per heavy atom. The largest absolute Gasteiger partial charge is 0.490 e. The van der Waals surface area contributed by atoms with Crippen molar-refractivity contribution in [1.29, 1.82) is 0 Å². The van der Waals surface area contributed by atoms with Crippen LogP contribution in [0.15, 0.2) is 47.7 Å². The van der Waals surface area contributed by atoms with Crippen molar-refractivity contribution in [1.82, 2.24) is 4.90 Å². The molecule has 1 amide bonds. The van der Waals surface area contributed by atoms with E-state index in [0.29, 0.717) is 37.0 Å². The van der Waals surface area contributed by atoms with Gasteiger partial charge in [0.2, 0.25) is 0 Å². The van der Waals surface area contributed by atoms with E-state index in [2.05, 4.69) is 6.58 Å². The first kappa shape index (κ1) is 21.3. The molecule has 0 spiro atoms. The van der Waals surface area contributed by atoms with Crippen LogP contribution in [0.4, 0.5) is 0 Å². The van der Waals surface area contributed by atoms with Crippen LogP contribution in [-0.2, 0) is 14.3 Å². The molecule has 0 unspecified atom stereocenters. The number of hydrogen-bond donors (Lipinski definition) is 0. The third-order valence-corrected chi connectivity index (χ3v) is 4.25. The van der Waals surface area contributed by atoms with Crippen LogP contribution in [0.5, 0.6) is 11.5 Å². The van der Waals surface area contributed by atoms with Crippen molar-refractivity contribution < 1.29 is 23.8 Å². The van der Waals surface area contributed by atoms with Crippen molar-refractivity contribution in [3.8, 4) is 11.5 Å². The minimum Gasteiger partial charge on any atom is -0.490 e. The van der Waals surface area contributed by atoms with E-state index in [1.807, 2.05) is 26.0 Å². The molecule has 0 saturated carbocycles. The maximum absolute atomic E-state index is 12.9. The summed E-state index contributed by atoms with van der Waals surface area (Å²) in [5, 5.41) is 0. The zero-order valence-corrected chi connectivity index (χ0v) is 16.9. The van der Waals surface area contributed by atoms with E-state index in [4.69, 9.17) is 14.2 Å². The fourth-order valence-electron chi connectivity index (χ4n) is 2.96. The first-order chi connectivity index (χ1) is 13.5. The van der Waals surface area contributed by atoms with Crippen molar-refractivity contribution >= 4 is 18.0 Å². The minimum absolute atomic E-state index is 0.262. The molecule has 1 aliphatic heterocycles. The van der Waals surface area contributed by atoms with Crippen LogP contribution in [0, 0.1) is 0 Å². The van der Waals surface area contributed by atoms with Gasteiger partial charge < -0.3 is 19.1 Å². The summed E-state index contributed by atoms with van der Waals surface area (Å²) < 4.78 is 16.3. The zero-order chi connectivity index (χ0) is 20.7. The average Bonchev–Trinajstić information content (AvgIpc) is 2.91. The first-order valence-corrected chi connectivity index (χ1v) is 9.32. The number of allylic oxidation sites excluding steroid dienone is 1. The first-order valence-electron chi connectivity index (χ1n) is 9.32. The van der Waals surface area contributed by atoms with Gasteiger partial charge in [0.05, 0.1) is 31.5 Å². The number of carbonyl (C=O) groups is 2. The Morgan fingerprint density at radius 3 is 2.57 bits per heavy atom. The van der Waals surface area contributed by atoms with E-state index < -0.39 is 5.97 Å². The van der Waals surface area contributed by atoms with Gasteiger partial charge in [-0.1, -0.05) is 19.1 Å². The summed E-state index contributed by atoms with van der Waals surface area (Å²) in [5.41, 5.74) is 1.83. The number of carbonyl (C=O) groups excluding carboxylic acids is 2. The lowest BCUT2D eigenvalue weighted by molar-refractivity contribution is -0.136. The van der Waals surface area contributed by atoms with Crippen LogP contribution in [0.1, 0.15) is 32.8 Å². The Hall–Kier alpha value is -3.02. The van der Waals surface area contributed by atoms with Crippen molar-refractivity contribution in [2.45, 2.75) is 27.2 Å². The highest BCUT2D eigenvalue weighted by Gasteiger charge is 2.36. The molecule has 1 aromatic rings. The summed E-state index contributed by atoms with van der Waals surface area (Å²) in [6.07, 6.45) is 4.18. The van der Waals surface area contributed by atoms with Crippen molar-refractivity contribution in [3.05, 3.63) is 53.3 Å². The molecule has 28 heavy (non-hydrogen) atoms. The van der Waals surface area contributed by atoms with E-state index >= 15 is 0 Å². The number of hydrogen-bond acceptors (Lipinski definition) is 5. The molecule has 1 heterocycles. The van der Waals surface area contributed by atoms with E-state index in [9.17, 15) is 9.59 Å². The molecule has 150 valence electrons. The number of ether oxygens (including phenoxy) is 3. The van der Waals surface area contributed by atoms with Gasteiger partial charge in [-0.15, -0.1) is 6.58 Å². The SMILES string of the molecule is C=CCN1C(=O)/C(=C\c2ccc(OCCC)c(OCC)c2)C(C(=O)OC)=C1C. The Bertz CT molecular complexity index is 822. The Morgan fingerprint density at radius 2 is 1.96 bits per heavy atom. The molecule has 0 aromatic heterocycles. The molecule has 0 bridgehead atoms. The fourth-order valence-corrected chi connectivity index (χ4v) is 2.96. The van der Waals surface area contributed by atoms with E-state index in [-0.39, 0.29) is 17.1 Å². The molecule has 0 saturated heterocycles. The summed E-state index contributed by atoms with van der Waals surface area (Å²) >= 11 is 0. The van der Waals surface area contributed by atoms with Crippen molar-refractivity contribution in [3.63, 3.8) is 0 Å². The van der Waals surface area contributed by atoms with Gasteiger partial charge in [-0.25, -0.2) is 4.79 Å². The predicted molar refractivity (Wildman–Crippen MR) is 108 cm³/mol. The lowest BCUT2D eigenvalue weighted by Crippen LogP contribution is -2.24. The van der Waals surface area contributed by atoms with Crippen LogP contribution in [0.2, 0.25) is 0 Å². The van der Waals surface area contributed by atoms with Gasteiger partial charge in [-0.3, -0.25) is 4.79 Å². The normalized spacial score (nSPS) is 15.2. The van der Waals surface area contributed by atoms with Gasteiger partial charge in [0, 0.05) is 12.2 Å². The number of benzene rings is 1. The van der Waals surface area contributed by atoms with Crippen LogP contribution in [0.25, 0.3) is 6.08 Å². The molecule has 0 aliphatic carbocycles. The second kappa shape index (κ2) is 9.78. The maximum atomic E-state index is 12.9. The van der Waals surface area contributed by atoms with Gasteiger partial charge in [0.25, 0.3) is 5.91 Å². The molecule has 0 fully saturated rings. The summed E-state index contributed by atoms with van der Waals surface area (Å²) in [5.74, 6) is 0.439. The lowest BCUT2D eigenvalue weighted by atomic mass is 10.0. The average molecular weight is 385 g/mol. The molecule has 1 aliphatic rings. The van der Waals surface area contributed by atoms with Crippen LogP contribution < -0.4 is 9.47 Å². The number of methoxy groups -OCH3 is 1. The number of esters is 1. The number of nitrogens with zero attached hydrogens (tertiary/aromatic N) is 1. The molecule has 6 nitrogen and oxygen atoms in total. The molecule has 1 aromatic carbocycles. The van der Waals surface area contributed by atoms with Gasteiger partial charge in [0.15, 0.2) is 11.5 Å². The third-order valence-electron chi connectivity index (χ3n) is 4.25. The minimum atomic E-state index is -0.545. The highest BCUT2D eigenvalue weighted by molar-refractivity contribution is 6.16. The Balaban J connectivity index is 2.49. The van der Waals surface area contributed by atoms with Crippen LogP contribution in [0.3, 0.4) is 0 Å². The third kappa shape index (κ3) is 4.44. The van der Waals surface area contributed by atoms with E-state index in [0.717, 1.165) is 12.0 Å². The van der Waals surface area contributed by atoms with Crippen LogP contribution >= 0.6 is 0 Å². The van der Waals surface area contributed by atoms with E-state index in [1.54, 1.807) is 25.1 Å². The lowest BCUT2D eigenvalue weighted by Gasteiger charge is -2.15. The monoisotopic (exact) mass is 385 g/mol. The summed E-state index contributed by atoms with van der Waals surface area (Å²) in [7, 11) is 1.30. The summed E-state index contributed by atoms with van der Waals surface area (Å²) in [6, 6.07) is 5.44.